The number of rotatable bonds is 9. The lowest BCUT2D eigenvalue weighted by Crippen LogP contribution is -2.40. The van der Waals surface area contributed by atoms with Gasteiger partial charge in [0.2, 0.25) is 0 Å². The van der Waals surface area contributed by atoms with Crippen molar-refractivity contribution in [2.45, 2.75) is 33.4 Å². The number of carbonyl (C=O) groups is 1. The van der Waals surface area contributed by atoms with E-state index in [0.29, 0.717) is 55.3 Å². The van der Waals surface area contributed by atoms with Crippen molar-refractivity contribution in [1.82, 2.24) is 9.13 Å². The number of benzene rings is 3. The van der Waals surface area contributed by atoms with E-state index in [4.69, 9.17) is 19.2 Å². The Morgan fingerprint density at radius 3 is 2.59 bits per heavy atom. The van der Waals surface area contributed by atoms with Crippen LogP contribution in [0.3, 0.4) is 0 Å². The number of nitrogens with zero attached hydrogens (tertiary/aromatic N) is 3. The van der Waals surface area contributed by atoms with E-state index < -0.39 is 12.0 Å². The van der Waals surface area contributed by atoms with Gasteiger partial charge in [-0.05, 0) is 56.7 Å². The van der Waals surface area contributed by atoms with Gasteiger partial charge in [-0.25, -0.2) is 14.2 Å². The second-order valence-electron chi connectivity index (χ2n) is 10.6. The lowest BCUT2D eigenvalue weighted by Gasteiger charge is -2.26. The Balaban J connectivity index is 1.55. The zero-order valence-corrected chi connectivity index (χ0v) is 28.1. The minimum atomic E-state index is -0.848. The van der Waals surface area contributed by atoms with Crippen LogP contribution in [0, 0.1) is 5.82 Å². The third-order valence-electron chi connectivity index (χ3n) is 7.80. The number of thiazole rings is 1. The first-order valence-corrected chi connectivity index (χ1v) is 16.4. The van der Waals surface area contributed by atoms with Crippen molar-refractivity contribution in [2.75, 3.05) is 20.3 Å². The number of para-hydroxylation sites is 1. The largest absolute Gasteiger partial charge is 0.493 e. The van der Waals surface area contributed by atoms with E-state index in [2.05, 4.69) is 15.9 Å². The molecule has 0 fully saturated rings. The fourth-order valence-electron chi connectivity index (χ4n) is 5.75. The van der Waals surface area contributed by atoms with E-state index in [1.54, 1.807) is 38.1 Å². The first-order chi connectivity index (χ1) is 22.2. The molecule has 236 valence electrons. The van der Waals surface area contributed by atoms with Crippen LogP contribution in [0.5, 0.6) is 11.5 Å². The summed E-state index contributed by atoms with van der Waals surface area (Å²) in [5.74, 6) is 0.153. The molecule has 3 aromatic carbocycles. The van der Waals surface area contributed by atoms with Gasteiger partial charge >= 0.3 is 5.97 Å². The first kappa shape index (κ1) is 31.5. The van der Waals surface area contributed by atoms with Gasteiger partial charge in [0.15, 0.2) is 16.3 Å². The van der Waals surface area contributed by atoms with Crippen LogP contribution in [0.4, 0.5) is 4.39 Å². The molecule has 0 bridgehead atoms. The van der Waals surface area contributed by atoms with Gasteiger partial charge < -0.3 is 18.8 Å². The fourth-order valence-corrected chi connectivity index (χ4v) is 7.32. The second-order valence-corrected chi connectivity index (χ2v) is 12.4. The van der Waals surface area contributed by atoms with Crippen LogP contribution in [-0.4, -0.2) is 35.4 Å². The van der Waals surface area contributed by atoms with Crippen molar-refractivity contribution < 1.29 is 23.4 Å². The molecule has 46 heavy (non-hydrogen) atoms. The molecule has 6 rings (SSSR count). The van der Waals surface area contributed by atoms with E-state index in [-0.39, 0.29) is 23.6 Å². The number of ether oxygens (including phenoxy) is 3. The summed E-state index contributed by atoms with van der Waals surface area (Å²) < 4.78 is 36.0. The monoisotopic (exact) mass is 703 g/mol. The van der Waals surface area contributed by atoms with Crippen LogP contribution >= 0.6 is 27.3 Å². The van der Waals surface area contributed by atoms with Crippen LogP contribution in [0.15, 0.2) is 92.4 Å². The molecular weight excluding hydrogens is 673 g/mol. The third-order valence-corrected chi connectivity index (χ3v) is 9.47. The van der Waals surface area contributed by atoms with Crippen LogP contribution in [0.2, 0.25) is 0 Å². The molecule has 0 spiro atoms. The fraction of sp³-hybridized carbons (Fsp3) is 0.229. The molecule has 0 amide bonds. The molecule has 5 aromatic rings. The van der Waals surface area contributed by atoms with E-state index in [1.807, 2.05) is 54.1 Å². The van der Waals surface area contributed by atoms with Gasteiger partial charge in [0, 0.05) is 32.7 Å². The maximum absolute atomic E-state index is 14.6. The maximum atomic E-state index is 14.6. The summed E-state index contributed by atoms with van der Waals surface area (Å²) in [4.78, 5) is 32.9. The molecule has 0 radical (unpaired) electrons. The van der Waals surface area contributed by atoms with Crippen molar-refractivity contribution in [1.29, 1.82) is 0 Å². The number of halogens is 2. The molecule has 8 nitrogen and oxygen atoms in total. The Hall–Kier alpha value is -4.48. The van der Waals surface area contributed by atoms with Gasteiger partial charge in [0.25, 0.3) is 5.56 Å². The second kappa shape index (κ2) is 13.1. The van der Waals surface area contributed by atoms with E-state index >= 15 is 0 Å². The minimum absolute atomic E-state index is 0.164. The van der Waals surface area contributed by atoms with Crippen LogP contribution in [0.25, 0.3) is 17.0 Å². The summed E-state index contributed by atoms with van der Waals surface area (Å²) in [5.41, 5.74) is 3.30. The Bertz CT molecular complexity index is 2200. The number of aromatic nitrogens is 2. The predicted octanol–water partition coefficient (Wildman–Crippen LogP) is 6.11. The topological polar surface area (TPSA) is 84.1 Å². The summed E-state index contributed by atoms with van der Waals surface area (Å²) in [6.45, 7) is 6.28. The quantitative estimate of drug-likeness (QED) is 0.173. The van der Waals surface area contributed by atoms with Crippen molar-refractivity contribution >= 4 is 50.2 Å². The minimum Gasteiger partial charge on any atom is -0.493 e. The summed E-state index contributed by atoms with van der Waals surface area (Å²) >= 11 is 4.90. The maximum Gasteiger partial charge on any atom is 0.338 e. The predicted molar refractivity (Wildman–Crippen MR) is 180 cm³/mol. The van der Waals surface area contributed by atoms with Crippen molar-refractivity contribution in [3.63, 3.8) is 0 Å². The summed E-state index contributed by atoms with van der Waals surface area (Å²) in [7, 11) is 1.54. The average Bonchev–Trinajstić information content (AvgIpc) is 3.54. The molecule has 1 atom stereocenters. The third kappa shape index (κ3) is 5.69. The van der Waals surface area contributed by atoms with Gasteiger partial charge in [-0.3, -0.25) is 9.36 Å². The molecule has 0 aliphatic carbocycles. The van der Waals surface area contributed by atoms with E-state index in [1.165, 1.54) is 29.1 Å². The summed E-state index contributed by atoms with van der Waals surface area (Å²) in [5, 5.41) is 0.920. The van der Waals surface area contributed by atoms with Crippen LogP contribution in [-0.2, 0) is 16.1 Å². The molecule has 1 aliphatic rings. The summed E-state index contributed by atoms with van der Waals surface area (Å²) in [6.07, 6.45) is 3.76. The Morgan fingerprint density at radius 2 is 1.85 bits per heavy atom. The number of hydrogen-bond acceptors (Lipinski definition) is 7. The Morgan fingerprint density at radius 1 is 1.09 bits per heavy atom. The smallest absolute Gasteiger partial charge is 0.338 e. The number of methoxy groups -OCH3 is 1. The highest BCUT2D eigenvalue weighted by Crippen LogP contribution is 2.41. The lowest BCUT2D eigenvalue weighted by atomic mass is 9.95. The van der Waals surface area contributed by atoms with Crippen molar-refractivity contribution in [3.05, 3.63) is 125 Å². The highest BCUT2D eigenvalue weighted by molar-refractivity contribution is 9.10. The molecule has 11 heteroatoms. The molecule has 0 saturated carbocycles. The Kier molecular flexibility index (Phi) is 8.97. The zero-order chi connectivity index (χ0) is 32.5. The van der Waals surface area contributed by atoms with Gasteiger partial charge in [0.1, 0.15) is 5.82 Å². The Labute approximate surface area is 276 Å². The molecule has 2 aromatic heterocycles. The number of carbonyl (C=O) groups excluding carboxylic acids is 1. The number of hydrogen-bond donors (Lipinski definition) is 0. The van der Waals surface area contributed by atoms with Crippen molar-refractivity contribution in [2.24, 2.45) is 4.99 Å². The SMILES string of the molecule is CCOC(=O)C1=C(C)N=c2s/c(=C/c3cn(Cc4ccccc4F)c4ccccc34)c(=O)n2[C@H]1c1cc(OC)c(OCC)cc1Br. The van der Waals surface area contributed by atoms with Crippen molar-refractivity contribution in [3.8, 4) is 11.5 Å². The van der Waals surface area contributed by atoms with Crippen LogP contribution in [0.1, 0.15) is 43.5 Å². The zero-order valence-electron chi connectivity index (χ0n) is 25.7. The normalized spacial score (nSPS) is 14.7. The highest BCUT2D eigenvalue weighted by Gasteiger charge is 2.35. The van der Waals surface area contributed by atoms with Crippen LogP contribution < -0.4 is 24.4 Å². The number of allylic oxidation sites excluding steroid dienone is 1. The average molecular weight is 705 g/mol. The molecular formula is C35H31BrFN3O5S. The molecule has 0 saturated heterocycles. The lowest BCUT2D eigenvalue weighted by molar-refractivity contribution is -0.139. The highest BCUT2D eigenvalue weighted by atomic mass is 79.9. The molecule has 0 N–H and O–H groups in total. The van der Waals surface area contributed by atoms with Gasteiger partial charge in [-0.2, -0.15) is 0 Å². The van der Waals surface area contributed by atoms with E-state index in [0.717, 1.165) is 16.5 Å². The molecule has 1 aliphatic heterocycles. The van der Waals surface area contributed by atoms with Gasteiger partial charge in [-0.15, -0.1) is 0 Å². The van der Waals surface area contributed by atoms with E-state index in [9.17, 15) is 14.0 Å². The van der Waals surface area contributed by atoms with Gasteiger partial charge in [-0.1, -0.05) is 63.7 Å². The molecule has 3 heterocycles. The summed E-state index contributed by atoms with van der Waals surface area (Å²) in [6, 6.07) is 17.2. The van der Waals surface area contributed by atoms with Gasteiger partial charge in [0.05, 0.1) is 48.7 Å². The standard InChI is InChI=1S/C35H31BrFN3O5S/c1-5-44-29-17-25(36)24(16-28(29)43-4)32-31(34(42)45-6-2)20(3)38-35-40(32)33(41)30(46-35)15-22-19-39(27-14-10-8-12-23(22)27)18-21-11-7-9-13-26(21)37/h7-17,19,32H,5-6,18H2,1-4H3/b30-15+/t32-/m0/s1. The number of esters is 1. The molecule has 0 unspecified atom stereocenters. The number of fused-ring (bicyclic) bond motifs is 2. The first-order valence-electron chi connectivity index (χ1n) is 14.8.